The summed E-state index contributed by atoms with van der Waals surface area (Å²) in [6.07, 6.45) is 1.38. The Morgan fingerprint density at radius 3 is 2.72 bits per heavy atom. The number of amides is 1. The van der Waals surface area contributed by atoms with Crippen LogP contribution in [0.4, 0.5) is 0 Å². The summed E-state index contributed by atoms with van der Waals surface area (Å²) in [5, 5.41) is 2.26. The lowest BCUT2D eigenvalue weighted by Crippen LogP contribution is -2.45. The predicted molar refractivity (Wildman–Crippen MR) is 113 cm³/mol. The molecule has 0 spiro atoms. The molecule has 1 aliphatic heterocycles. The molecule has 0 saturated carbocycles. The minimum Gasteiger partial charge on any atom is -0.495 e. The van der Waals surface area contributed by atoms with Gasteiger partial charge in [0.1, 0.15) is 10.4 Å². The minimum atomic E-state index is -0.390. The van der Waals surface area contributed by atoms with E-state index >= 15 is 0 Å². The van der Waals surface area contributed by atoms with Gasteiger partial charge in [-0.3, -0.25) is 14.2 Å². The highest BCUT2D eigenvalue weighted by Crippen LogP contribution is 2.26. The number of hydrogen-bond acceptors (Lipinski definition) is 5. The molecule has 3 aromatic rings. The zero-order chi connectivity index (χ0) is 20.5. The van der Waals surface area contributed by atoms with Gasteiger partial charge in [0.15, 0.2) is 0 Å². The molecular formula is C20H20ClN3O4S. The number of aromatic nitrogens is 2. The number of nitrogens with one attached hydrogen (secondary N) is 1. The van der Waals surface area contributed by atoms with E-state index in [2.05, 4.69) is 4.98 Å². The lowest BCUT2D eigenvalue weighted by molar-refractivity contribution is -0.131. The van der Waals surface area contributed by atoms with Crippen LogP contribution in [0.25, 0.3) is 10.2 Å². The Morgan fingerprint density at radius 1 is 1.28 bits per heavy atom. The molecule has 1 aliphatic rings. The largest absolute Gasteiger partial charge is 0.495 e. The fraction of sp³-hybridized carbons (Fsp3) is 0.350. The Kier molecular flexibility index (Phi) is 5.47. The summed E-state index contributed by atoms with van der Waals surface area (Å²) in [5.41, 5.74) is 0.751. The van der Waals surface area contributed by atoms with Crippen molar-refractivity contribution < 1.29 is 9.53 Å². The average Bonchev–Trinajstić information content (AvgIpc) is 3.17. The van der Waals surface area contributed by atoms with Crippen molar-refractivity contribution in [2.75, 3.05) is 20.2 Å². The van der Waals surface area contributed by atoms with Gasteiger partial charge in [-0.05, 0) is 42.0 Å². The second-order valence-electron chi connectivity index (χ2n) is 7.03. The molecule has 1 saturated heterocycles. The van der Waals surface area contributed by atoms with Gasteiger partial charge in [0, 0.05) is 19.1 Å². The second-order valence-corrected chi connectivity index (χ2v) is 8.35. The number of carbonyl (C=O) groups excluding carboxylic acids is 1. The first kappa shape index (κ1) is 19.7. The molecule has 4 rings (SSSR count). The topological polar surface area (TPSA) is 84.4 Å². The third-order valence-electron chi connectivity index (χ3n) is 5.29. The van der Waals surface area contributed by atoms with E-state index in [1.165, 1.54) is 15.9 Å². The number of methoxy groups -OCH3 is 1. The number of fused-ring (bicyclic) bond motifs is 1. The van der Waals surface area contributed by atoms with E-state index in [-0.39, 0.29) is 23.9 Å². The van der Waals surface area contributed by atoms with Crippen molar-refractivity contribution in [1.82, 2.24) is 14.5 Å². The molecule has 0 radical (unpaired) electrons. The average molecular weight is 434 g/mol. The first-order valence-corrected chi connectivity index (χ1v) is 10.6. The van der Waals surface area contributed by atoms with E-state index in [9.17, 15) is 14.4 Å². The predicted octanol–water partition coefficient (Wildman–Crippen LogP) is 2.82. The first-order chi connectivity index (χ1) is 14.0. The number of carbonyl (C=O) groups is 1. The molecule has 0 bridgehead atoms. The third-order valence-corrected chi connectivity index (χ3v) is 6.49. The van der Waals surface area contributed by atoms with Gasteiger partial charge in [-0.1, -0.05) is 17.7 Å². The highest BCUT2D eigenvalue weighted by atomic mass is 35.5. The monoisotopic (exact) mass is 433 g/mol. The lowest BCUT2D eigenvalue weighted by atomic mass is 10.0. The molecule has 0 atom stereocenters. The molecule has 152 valence electrons. The van der Waals surface area contributed by atoms with Gasteiger partial charge in [0.05, 0.1) is 24.1 Å². The van der Waals surface area contributed by atoms with Gasteiger partial charge in [0.25, 0.3) is 5.56 Å². The van der Waals surface area contributed by atoms with Gasteiger partial charge in [-0.25, -0.2) is 4.79 Å². The molecule has 1 aromatic carbocycles. The SMILES string of the molecule is COc1ccc(CC(=O)N2CCC(n3c(=O)[nH]c4ccsc4c3=O)CC2)cc1Cl. The third kappa shape index (κ3) is 3.82. The molecule has 9 heteroatoms. The van der Waals surface area contributed by atoms with Crippen LogP contribution in [0, 0.1) is 0 Å². The van der Waals surface area contributed by atoms with E-state index in [0.29, 0.717) is 46.9 Å². The van der Waals surface area contributed by atoms with E-state index in [1.54, 1.807) is 35.6 Å². The van der Waals surface area contributed by atoms with Gasteiger partial charge >= 0.3 is 5.69 Å². The number of nitrogens with zero attached hydrogens (tertiary/aromatic N) is 2. The van der Waals surface area contributed by atoms with Gasteiger partial charge in [-0.15, -0.1) is 11.3 Å². The molecule has 0 aliphatic carbocycles. The number of piperidine rings is 1. The smallest absolute Gasteiger partial charge is 0.329 e. The van der Waals surface area contributed by atoms with Gasteiger partial charge in [-0.2, -0.15) is 0 Å². The molecule has 1 N–H and O–H groups in total. The van der Waals surface area contributed by atoms with Crippen molar-refractivity contribution in [2.24, 2.45) is 0 Å². The van der Waals surface area contributed by atoms with Crippen LogP contribution >= 0.6 is 22.9 Å². The van der Waals surface area contributed by atoms with Crippen LogP contribution in [0.5, 0.6) is 5.75 Å². The Morgan fingerprint density at radius 2 is 2.03 bits per heavy atom. The van der Waals surface area contributed by atoms with Crippen LogP contribution in [0.1, 0.15) is 24.4 Å². The number of benzene rings is 1. The quantitative estimate of drug-likeness (QED) is 0.685. The molecular weight excluding hydrogens is 414 g/mol. The van der Waals surface area contributed by atoms with E-state index in [1.807, 2.05) is 6.07 Å². The van der Waals surface area contributed by atoms with Crippen LogP contribution < -0.4 is 16.0 Å². The van der Waals surface area contributed by atoms with Crippen LogP contribution in [0.3, 0.4) is 0 Å². The molecule has 7 nitrogen and oxygen atoms in total. The molecule has 0 unspecified atom stereocenters. The van der Waals surface area contributed by atoms with Gasteiger partial charge < -0.3 is 14.6 Å². The maximum Gasteiger partial charge on any atom is 0.329 e. The Labute approximate surface area is 175 Å². The molecule has 1 fully saturated rings. The fourth-order valence-corrected chi connectivity index (χ4v) is 4.83. The molecule has 2 aromatic heterocycles. The van der Waals surface area contributed by atoms with Gasteiger partial charge in [0.2, 0.25) is 5.91 Å². The van der Waals surface area contributed by atoms with Crippen molar-refractivity contribution in [2.45, 2.75) is 25.3 Å². The summed E-state index contributed by atoms with van der Waals surface area (Å²) in [6.45, 7) is 1.00. The summed E-state index contributed by atoms with van der Waals surface area (Å²) < 4.78 is 7.00. The summed E-state index contributed by atoms with van der Waals surface area (Å²) >= 11 is 7.46. The summed E-state index contributed by atoms with van der Waals surface area (Å²) in [7, 11) is 1.54. The minimum absolute atomic E-state index is 0.000325. The van der Waals surface area contributed by atoms with E-state index < -0.39 is 5.69 Å². The Bertz CT molecular complexity index is 1170. The van der Waals surface area contributed by atoms with Crippen molar-refractivity contribution in [3.05, 3.63) is 61.1 Å². The zero-order valence-electron chi connectivity index (χ0n) is 15.8. The first-order valence-electron chi connectivity index (χ1n) is 9.30. The lowest BCUT2D eigenvalue weighted by Gasteiger charge is -2.32. The molecule has 29 heavy (non-hydrogen) atoms. The molecule has 1 amide bonds. The van der Waals surface area contributed by atoms with Crippen molar-refractivity contribution in [1.29, 1.82) is 0 Å². The Hall–Kier alpha value is -2.58. The normalized spacial score (nSPS) is 15.0. The second kappa shape index (κ2) is 8.04. The summed E-state index contributed by atoms with van der Waals surface area (Å²) in [5.74, 6) is 0.571. The van der Waals surface area contributed by atoms with Crippen LogP contribution in [0.15, 0.2) is 39.2 Å². The number of hydrogen-bond donors (Lipinski definition) is 1. The summed E-state index contributed by atoms with van der Waals surface area (Å²) in [6, 6.07) is 6.83. The number of thiophene rings is 1. The number of halogens is 1. The van der Waals surface area contributed by atoms with E-state index in [4.69, 9.17) is 16.3 Å². The molecule has 3 heterocycles. The van der Waals surface area contributed by atoms with E-state index in [0.717, 1.165) is 5.56 Å². The van der Waals surface area contributed by atoms with Crippen molar-refractivity contribution >= 4 is 39.1 Å². The zero-order valence-corrected chi connectivity index (χ0v) is 17.4. The number of H-pyrrole nitrogens is 1. The number of ether oxygens (including phenoxy) is 1. The fourth-order valence-electron chi connectivity index (χ4n) is 3.76. The standard InChI is InChI=1S/C20H20ClN3O4S/c1-28-16-3-2-12(10-14(16)21)11-17(25)23-7-4-13(5-8-23)24-19(26)18-15(6-9-29-18)22-20(24)27/h2-3,6,9-10,13H,4-5,7-8,11H2,1H3,(H,22,27). The van der Waals surface area contributed by atoms with Crippen LogP contribution in [0.2, 0.25) is 5.02 Å². The van der Waals surface area contributed by atoms with Crippen LogP contribution in [-0.2, 0) is 11.2 Å². The Balaban J connectivity index is 1.44. The maximum absolute atomic E-state index is 12.7. The maximum atomic E-state index is 12.7. The van der Waals surface area contributed by atoms with Crippen LogP contribution in [-0.4, -0.2) is 40.6 Å². The number of rotatable bonds is 4. The highest BCUT2D eigenvalue weighted by Gasteiger charge is 2.26. The number of aromatic amines is 1. The number of likely N-dealkylation sites (tertiary alicyclic amines) is 1. The highest BCUT2D eigenvalue weighted by molar-refractivity contribution is 7.17. The summed E-state index contributed by atoms with van der Waals surface area (Å²) in [4.78, 5) is 42.3. The van der Waals surface area contributed by atoms with Crippen molar-refractivity contribution in [3.63, 3.8) is 0 Å². The van der Waals surface area contributed by atoms with Crippen molar-refractivity contribution in [3.8, 4) is 5.75 Å².